The molecule has 2 aliphatic heterocycles. The van der Waals surface area contributed by atoms with Gasteiger partial charge in [-0.1, -0.05) is 160 Å². The fourth-order valence-corrected chi connectivity index (χ4v) is 9.41. The first kappa shape index (κ1) is 38.2. The van der Waals surface area contributed by atoms with E-state index in [9.17, 15) is 0 Å². The lowest BCUT2D eigenvalue weighted by atomic mass is 9.34. The van der Waals surface area contributed by atoms with Crippen molar-refractivity contribution in [1.29, 1.82) is 0 Å². The molecule has 2 aliphatic rings. The van der Waals surface area contributed by atoms with Crippen LogP contribution in [0, 0.1) is 0 Å². The number of hydrogen-bond acceptors (Lipinski definition) is 3. The Morgan fingerprint density at radius 2 is 1.13 bits per heavy atom. The topological polar surface area (TPSA) is 36.3 Å². The first-order valence-corrected chi connectivity index (χ1v) is 21.6. The van der Waals surface area contributed by atoms with Gasteiger partial charge in [0, 0.05) is 16.4 Å². The number of rotatable bonds is 5. The van der Waals surface area contributed by atoms with Crippen molar-refractivity contribution in [2.45, 2.75) is 91.9 Å². The molecular formula is C55H53BN2O2. The Bertz CT molecular complexity index is 2960. The first-order valence-electron chi connectivity index (χ1n) is 21.6. The van der Waals surface area contributed by atoms with Gasteiger partial charge in [-0.25, -0.2) is 4.98 Å². The first-order chi connectivity index (χ1) is 28.7. The smallest absolute Gasteiger partial charge is 0.260 e. The SMILES string of the molecule is CC(C)c1cccc(C(C)C)c1-n1c(-c2ccc(-c3ccc4c5c6c(cc4c3)Oc3ccc(C(C)(C)C)cc3B6c3cc(C(C)(C)C)ccc3O5)cc2)nc2ccccc21. The van der Waals surface area contributed by atoms with Gasteiger partial charge in [-0.2, -0.15) is 0 Å². The molecule has 0 fully saturated rings. The van der Waals surface area contributed by atoms with Crippen molar-refractivity contribution >= 4 is 44.9 Å². The third-order valence-electron chi connectivity index (χ3n) is 12.8. The maximum absolute atomic E-state index is 6.96. The van der Waals surface area contributed by atoms with Gasteiger partial charge in [0.25, 0.3) is 6.71 Å². The Labute approximate surface area is 355 Å². The summed E-state index contributed by atoms with van der Waals surface area (Å²) in [6.45, 7) is 22.8. The summed E-state index contributed by atoms with van der Waals surface area (Å²) in [5.41, 5.74) is 15.5. The number of aromatic nitrogens is 2. The molecule has 0 amide bonds. The van der Waals surface area contributed by atoms with E-state index < -0.39 is 0 Å². The van der Waals surface area contributed by atoms with Crippen molar-refractivity contribution in [3.63, 3.8) is 0 Å². The van der Waals surface area contributed by atoms with Gasteiger partial charge in [-0.05, 0) is 109 Å². The molecular weight excluding hydrogens is 731 g/mol. The van der Waals surface area contributed by atoms with E-state index in [1.54, 1.807) is 0 Å². The highest BCUT2D eigenvalue weighted by atomic mass is 16.5. The predicted octanol–water partition coefficient (Wildman–Crippen LogP) is 13.1. The molecule has 3 heterocycles. The Hall–Kier alpha value is -6.07. The van der Waals surface area contributed by atoms with E-state index in [-0.39, 0.29) is 17.5 Å². The summed E-state index contributed by atoms with van der Waals surface area (Å²) in [5.74, 6) is 5.24. The van der Waals surface area contributed by atoms with Crippen LogP contribution in [0.3, 0.4) is 0 Å². The molecule has 4 nitrogen and oxygen atoms in total. The van der Waals surface area contributed by atoms with E-state index in [4.69, 9.17) is 14.5 Å². The van der Waals surface area contributed by atoms with Crippen molar-refractivity contribution < 1.29 is 9.47 Å². The van der Waals surface area contributed by atoms with E-state index in [0.717, 1.165) is 72.8 Å². The van der Waals surface area contributed by atoms with Crippen LogP contribution in [-0.4, -0.2) is 16.3 Å². The number of imidazole rings is 1. The molecule has 60 heavy (non-hydrogen) atoms. The number of fused-ring (bicyclic) bond motifs is 7. The van der Waals surface area contributed by atoms with Crippen molar-refractivity contribution in [2.75, 3.05) is 0 Å². The molecule has 0 spiro atoms. The zero-order chi connectivity index (χ0) is 41.8. The summed E-state index contributed by atoms with van der Waals surface area (Å²) in [5, 5.41) is 2.17. The monoisotopic (exact) mass is 784 g/mol. The molecule has 10 rings (SSSR count). The van der Waals surface area contributed by atoms with E-state index in [1.807, 2.05) is 0 Å². The highest BCUT2D eigenvalue weighted by molar-refractivity contribution is 6.98. The lowest BCUT2D eigenvalue weighted by Gasteiger charge is -2.35. The largest absolute Gasteiger partial charge is 0.458 e. The van der Waals surface area contributed by atoms with Gasteiger partial charge in [0.15, 0.2) is 0 Å². The second-order valence-corrected chi connectivity index (χ2v) is 19.6. The van der Waals surface area contributed by atoms with E-state index >= 15 is 0 Å². The highest BCUT2D eigenvalue weighted by Gasteiger charge is 2.42. The summed E-state index contributed by atoms with van der Waals surface area (Å²) in [6.07, 6.45) is 0. The van der Waals surface area contributed by atoms with Crippen LogP contribution in [0.2, 0.25) is 0 Å². The molecule has 0 saturated carbocycles. The van der Waals surface area contributed by atoms with Crippen molar-refractivity contribution in [1.82, 2.24) is 9.55 Å². The molecule has 0 saturated heterocycles. The van der Waals surface area contributed by atoms with Gasteiger partial charge in [0.1, 0.15) is 28.8 Å². The molecule has 0 bridgehead atoms. The predicted molar refractivity (Wildman–Crippen MR) is 253 cm³/mol. The molecule has 0 atom stereocenters. The number of nitrogens with zero attached hydrogens (tertiary/aromatic N) is 2. The zero-order valence-corrected chi connectivity index (χ0v) is 36.6. The summed E-state index contributed by atoms with van der Waals surface area (Å²) >= 11 is 0. The van der Waals surface area contributed by atoms with Crippen molar-refractivity contribution in [3.05, 3.63) is 150 Å². The quantitative estimate of drug-likeness (QED) is 0.163. The van der Waals surface area contributed by atoms with E-state index in [2.05, 4.69) is 201 Å². The van der Waals surface area contributed by atoms with Crippen LogP contribution in [0.25, 0.3) is 50.0 Å². The Morgan fingerprint density at radius 3 is 1.75 bits per heavy atom. The van der Waals surface area contributed by atoms with Gasteiger partial charge in [0.05, 0.1) is 16.7 Å². The summed E-state index contributed by atoms with van der Waals surface area (Å²) in [6, 6.07) is 46.7. The van der Waals surface area contributed by atoms with Crippen LogP contribution < -0.4 is 25.9 Å². The molecule has 7 aromatic carbocycles. The number of hydrogen-bond donors (Lipinski definition) is 0. The minimum absolute atomic E-state index is 0.00273. The lowest BCUT2D eigenvalue weighted by molar-refractivity contribution is 0.467. The van der Waals surface area contributed by atoms with Crippen molar-refractivity contribution in [3.8, 4) is 51.2 Å². The molecule has 0 N–H and O–H groups in total. The van der Waals surface area contributed by atoms with Crippen molar-refractivity contribution in [2.24, 2.45) is 0 Å². The second kappa shape index (κ2) is 13.7. The number of para-hydroxylation sites is 3. The van der Waals surface area contributed by atoms with Gasteiger partial charge in [-0.15, -0.1) is 0 Å². The highest BCUT2D eigenvalue weighted by Crippen LogP contribution is 2.43. The third kappa shape index (κ3) is 6.16. The van der Waals surface area contributed by atoms with Crippen LogP contribution in [0.15, 0.2) is 127 Å². The average Bonchev–Trinajstić information content (AvgIpc) is 3.61. The van der Waals surface area contributed by atoms with Crippen LogP contribution >= 0.6 is 0 Å². The molecule has 1 aromatic heterocycles. The van der Waals surface area contributed by atoms with Gasteiger partial charge in [0.2, 0.25) is 0 Å². The molecule has 298 valence electrons. The maximum atomic E-state index is 6.96. The van der Waals surface area contributed by atoms with E-state index in [0.29, 0.717) is 11.8 Å². The minimum Gasteiger partial charge on any atom is -0.458 e. The molecule has 8 aromatic rings. The summed E-state index contributed by atoms with van der Waals surface area (Å²) in [4.78, 5) is 5.28. The molecule has 0 radical (unpaired) electrons. The van der Waals surface area contributed by atoms with Crippen LogP contribution in [0.1, 0.15) is 103 Å². The number of ether oxygens (including phenoxy) is 2. The Morgan fingerprint density at radius 1 is 0.550 bits per heavy atom. The van der Waals surface area contributed by atoms with E-state index in [1.165, 1.54) is 38.9 Å². The van der Waals surface area contributed by atoms with Gasteiger partial charge in [-0.3, -0.25) is 4.57 Å². The van der Waals surface area contributed by atoms with Gasteiger partial charge >= 0.3 is 0 Å². The maximum Gasteiger partial charge on any atom is 0.260 e. The number of benzene rings is 7. The normalized spacial score (nSPS) is 13.4. The fourth-order valence-electron chi connectivity index (χ4n) is 9.41. The zero-order valence-electron chi connectivity index (χ0n) is 36.6. The Kier molecular flexibility index (Phi) is 8.74. The summed E-state index contributed by atoms with van der Waals surface area (Å²) in [7, 11) is 0. The van der Waals surface area contributed by atoms with Crippen LogP contribution in [0.5, 0.6) is 23.0 Å². The van der Waals surface area contributed by atoms with Crippen LogP contribution in [0.4, 0.5) is 0 Å². The lowest BCUT2D eigenvalue weighted by Crippen LogP contribution is -2.57. The molecule has 0 unspecified atom stereocenters. The standard InChI is InChI=1S/C55H53BN2O2/c1-32(2)40-14-13-15-41(33(3)4)51(40)58-46-17-12-11-16-45(46)57-53(58)35-20-18-34(19-21-35)36-22-25-42-37(28-36)29-49-50-52(42)60-48-27-24-39(55(8,9)10)31-44(48)56(50)43-30-38(54(5,6)7)23-26-47(43)59-49/h11-33H,1-10H3. The average molecular weight is 785 g/mol. The van der Waals surface area contributed by atoms with Gasteiger partial charge < -0.3 is 9.47 Å². The molecule has 0 aliphatic carbocycles. The Balaban J connectivity index is 1.09. The summed E-state index contributed by atoms with van der Waals surface area (Å²) < 4.78 is 16.2. The second-order valence-electron chi connectivity index (χ2n) is 19.6. The van der Waals surface area contributed by atoms with Crippen LogP contribution in [-0.2, 0) is 10.8 Å². The molecule has 5 heteroatoms. The minimum atomic E-state index is -0.00273. The fraction of sp³-hybridized carbons (Fsp3) is 0.255. The third-order valence-corrected chi connectivity index (χ3v) is 12.8.